The van der Waals surface area contributed by atoms with Gasteiger partial charge in [-0.15, -0.1) is 0 Å². The van der Waals surface area contributed by atoms with Gasteiger partial charge in [0.15, 0.2) is 5.82 Å². The Balaban J connectivity index is 2.45. The van der Waals surface area contributed by atoms with Crippen LogP contribution < -0.4 is 5.32 Å². The van der Waals surface area contributed by atoms with Crippen molar-refractivity contribution < 1.29 is 14.4 Å². The molecule has 1 heterocycles. The maximum Gasteiger partial charge on any atom is 0.239 e. The number of nitrogens with zero attached hydrogens (tertiary/aromatic N) is 2. The van der Waals surface area contributed by atoms with Crippen molar-refractivity contribution in [1.82, 2.24) is 10.1 Å². The second-order valence-corrected chi connectivity index (χ2v) is 4.51. The Labute approximate surface area is 107 Å². The topological polar surface area (TPSA) is 78.6 Å². The van der Waals surface area contributed by atoms with Crippen LogP contribution in [0.25, 0.3) is 0 Å². The molecule has 6 nitrogen and oxygen atoms in total. The second kappa shape index (κ2) is 7.13. The Morgan fingerprint density at radius 3 is 2.83 bits per heavy atom. The summed E-state index contributed by atoms with van der Waals surface area (Å²) in [5, 5.41) is 15.2. The lowest BCUT2D eigenvalue weighted by Gasteiger charge is -2.25. The number of carbonyl (C=O) groups is 1. The number of aliphatic hydroxyl groups excluding tert-OH is 1. The maximum atomic E-state index is 11.8. The minimum atomic E-state index is -0.130. The number of aliphatic hydroxyl groups is 1. The second-order valence-electron chi connectivity index (χ2n) is 4.51. The summed E-state index contributed by atoms with van der Waals surface area (Å²) in [6.07, 6.45) is 0.661. The third kappa shape index (κ3) is 4.85. The highest BCUT2D eigenvalue weighted by Crippen LogP contribution is 2.07. The minimum Gasteiger partial charge on any atom is -0.396 e. The number of anilines is 1. The van der Waals surface area contributed by atoms with E-state index in [9.17, 15) is 4.79 Å². The van der Waals surface area contributed by atoms with Gasteiger partial charge in [0, 0.05) is 25.3 Å². The summed E-state index contributed by atoms with van der Waals surface area (Å²) in [5.41, 5.74) is 0. The maximum absolute atomic E-state index is 11.8. The van der Waals surface area contributed by atoms with E-state index in [1.54, 1.807) is 13.0 Å². The van der Waals surface area contributed by atoms with E-state index in [4.69, 9.17) is 9.63 Å². The van der Waals surface area contributed by atoms with Gasteiger partial charge >= 0.3 is 0 Å². The first kappa shape index (κ1) is 14.7. The minimum absolute atomic E-state index is 0.130. The van der Waals surface area contributed by atoms with E-state index in [2.05, 4.69) is 10.5 Å². The summed E-state index contributed by atoms with van der Waals surface area (Å²) in [5.74, 6) is 0.963. The van der Waals surface area contributed by atoms with Gasteiger partial charge in [0.25, 0.3) is 0 Å². The zero-order chi connectivity index (χ0) is 13.5. The fourth-order valence-corrected chi connectivity index (χ4v) is 1.59. The Kier molecular flexibility index (Phi) is 5.80. The largest absolute Gasteiger partial charge is 0.396 e. The molecule has 0 bridgehead atoms. The Bertz CT molecular complexity index is 376. The van der Waals surface area contributed by atoms with Crippen LogP contribution in [0.3, 0.4) is 0 Å². The molecule has 0 aromatic carbocycles. The standard InChI is InChI=1S/C12H21N3O3/c1-9(2)15(5-4-6-16)8-12(17)13-11-7-10(3)18-14-11/h7,9,16H,4-6,8H2,1-3H3,(H,13,14,17). The molecule has 1 aromatic heterocycles. The van der Waals surface area contributed by atoms with Crippen LogP contribution in [-0.4, -0.2) is 46.8 Å². The third-order valence-corrected chi connectivity index (χ3v) is 2.58. The van der Waals surface area contributed by atoms with Crippen molar-refractivity contribution in [2.75, 3.05) is 25.0 Å². The predicted octanol–water partition coefficient (Wildman–Crippen LogP) is 1.01. The van der Waals surface area contributed by atoms with Crippen LogP contribution in [0.15, 0.2) is 10.6 Å². The highest BCUT2D eigenvalue weighted by molar-refractivity contribution is 5.91. The summed E-state index contributed by atoms with van der Waals surface area (Å²) in [6.45, 7) is 6.91. The van der Waals surface area contributed by atoms with Gasteiger partial charge in [0.05, 0.1) is 6.54 Å². The summed E-state index contributed by atoms with van der Waals surface area (Å²) in [7, 11) is 0. The molecule has 0 aliphatic rings. The number of hydrogen-bond acceptors (Lipinski definition) is 5. The van der Waals surface area contributed by atoms with Gasteiger partial charge in [0.2, 0.25) is 5.91 Å². The zero-order valence-corrected chi connectivity index (χ0v) is 11.1. The smallest absolute Gasteiger partial charge is 0.239 e. The first-order chi connectivity index (χ1) is 8.52. The SMILES string of the molecule is Cc1cc(NC(=O)CN(CCCO)C(C)C)no1. The van der Waals surface area contributed by atoms with Gasteiger partial charge in [-0.3, -0.25) is 9.69 Å². The van der Waals surface area contributed by atoms with Gasteiger partial charge in [-0.1, -0.05) is 5.16 Å². The number of amides is 1. The van der Waals surface area contributed by atoms with E-state index in [-0.39, 0.29) is 25.1 Å². The highest BCUT2D eigenvalue weighted by Gasteiger charge is 2.14. The molecule has 0 fully saturated rings. The molecule has 0 saturated heterocycles. The normalized spacial score (nSPS) is 11.2. The molecule has 0 unspecified atom stereocenters. The van der Waals surface area contributed by atoms with Gasteiger partial charge in [-0.05, 0) is 27.2 Å². The summed E-state index contributed by atoms with van der Waals surface area (Å²) in [4.78, 5) is 13.8. The molecule has 0 radical (unpaired) electrons. The van der Waals surface area contributed by atoms with Crippen LogP contribution in [0, 0.1) is 6.92 Å². The first-order valence-electron chi connectivity index (χ1n) is 6.11. The molecule has 0 aliphatic heterocycles. The molecule has 0 atom stereocenters. The molecule has 1 aromatic rings. The summed E-state index contributed by atoms with van der Waals surface area (Å²) >= 11 is 0. The third-order valence-electron chi connectivity index (χ3n) is 2.58. The molecular formula is C12H21N3O3. The molecule has 18 heavy (non-hydrogen) atoms. The van der Waals surface area contributed by atoms with E-state index in [1.807, 2.05) is 18.7 Å². The lowest BCUT2D eigenvalue weighted by Crippen LogP contribution is -2.39. The van der Waals surface area contributed by atoms with Crippen molar-refractivity contribution in [3.63, 3.8) is 0 Å². The van der Waals surface area contributed by atoms with E-state index >= 15 is 0 Å². The average Bonchev–Trinajstić information content (AvgIpc) is 2.69. The van der Waals surface area contributed by atoms with E-state index in [0.29, 0.717) is 24.5 Å². The Morgan fingerprint density at radius 2 is 2.33 bits per heavy atom. The van der Waals surface area contributed by atoms with Crippen LogP contribution >= 0.6 is 0 Å². The molecule has 1 amide bonds. The molecule has 2 N–H and O–H groups in total. The summed E-state index contributed by atoms with van der Waals surface area (Å²) in [6, 6.07) is 1.92. The lowest BCUT2D eigenvalue weighted by molar-refractivity contribution is -0.117. The first-order valence-corrected chi connectivity index (χ1v) is 6.11. The van der Waals surface area contributed by atoms with Crippen LogP contribution in [0.5, 0.6) is 0 Å². The van der Waals surface area contributed by atoms with Crippen molar-refractivity contribution in [3.05, 3.63) is 11.8 Å². The molecule has 102 valence electrons. The molecule has 1 rings (SSSR count). The fraction of sp³-hybridized carbons (Fsp3) is 0.667. The predicted molar refractivity (Wildman–Crippen MR) is 68.3 cm³/mol. The Hall–Kier alpha value is -1.40. The quantitative estimate of drug-likeness (QED) is 0.760. The van der Waals surface area contributed by atoms with Gasteiger partial charge in [-0.25, -0.2) is 0 Å². The number of aromatic nitrogens is 1. The number of carbonyl (C=O) groups excluding carboxylic acids is 1. The van der Waals surface area contributed by atoms with Crippen molar-refractivity contribution >= 4 is 11.7 Å². The summed E-state index contributed by atoms with van der Waals surface area (Å²) < 4.78 is 4.87. The van der Waals surface area contributed by atoms with E-state index in [1.165, 1.54) is 0 Å². The highest BCUT2D eigenvalue weighted by atomic mass is 16.5. The number of aryl methyl sites for hydroxylation is 1. The molecule has 0 spiro atoms. The molecule has 6 heteroatoms. The van der Waals surface area contributed by atoms with Crippen molar-refractivity contribution in [1.29, 1.82) is 0 Å². The van der Waals surface area contributed by atoms with Crippen LogP contribution in [-0.2, 0) is 4.79 Å². The van der Waals surface area contributed by atoms with Crippen LogP contribution in [0.4, 0.5) is 5.82 Å². The number of hydrogen-bond donors (Lipinski definition) is 2. The van der Waals surface area contributed by atoms with Gasteiger partial charge in [-0.2, -0.15) is 0 Å². The van der Waals surface area contributed by atoms with Crippen LogP contribution in [0.1, 0.15) is 26.0 Å². The average molecular weight is 255 g/mol. The van der Waals surface area contributed by atoms with Crippen LogP contribution in [0.2, 0.25) is 0 Å². The zero-order valence-electron chi connectivity index (χ0n) is 11.1. The molecular weight excluding hydrogens is 234 g/mol. The lowest BCUT2D eigenvalue weighted by atomic mass is 10.3. The Morgan fingerprint density at radius 1 is 1.61 bits per heavy atom. The van der Waals surface area contributed by atoms with Gasteiger partial charge < -0.3 is 14.9 Å². The fourth-order valence-electron chi connectivity index (χ4n) is 1.59. The monoisotopic (exact) mass is 255 g/mol. The molecule has 0 saturated carbocycles. The van der Waals surface area contributed by atoms with Gasteiger partial charge in [0.1, 0.15) is 5.76 Å². The number of nitrogens with one attached hydrogen (secondary N) is 1. The van der Waals surface area contributed by atoms with Crippen molar-refractivity contribution in [2.24, 2.45) is 0 Å². The van der Waals surface area contributed by atoms with E-state index in [0.717, 1.165) is 0 Å². The number of rotatable bonds is 7. The van der Waals surface area contributed by atoms with E-state index < -0.39 is 0 Å². The molecule has 0 aliphatic carbocycles. The van der Waals surface area contributed by atoms with Crippen molar-refractivity contribution in [3.8, 4) is 0 Å². The van der Waals surface area contributed by atoms with Crippen molar-refractivity contribution in [2.45, 2.75) is 33.2 Å².